The van der Waals surface area contributed by atoms with Crippen LogP contribution in [0.4, 0.5) is 5.69 Å². The van der Waals surface area contributed by atoms with E-state index in [-0.39, 0.29) is 11.2 Å². The summed E-state index contributed by atoms with van der Waals surface area (Å²) in [5.74, 6) is 0. The maximum absolute atomic E-state index is 11.7. The van der Waals surface area contributed by atoms with Crippen LogP contribution in [-0.2, 0) is 0 Å². The lowest BCUT2D eigenvalue weighted by Crippen LogP contribution is -2.06. The number of benzene rings is 1. The molecule has 1 aliphatic heterocycles. The average Bonchev–Trinajstić information content (AvgIpc) is 3.09. The number of aryl methyl sites for hydroxylation is 1. The molecule has 0 fully saturated rings. The lowest BCUT2D eigenvalue weighted by molar-refractivity contribution is -0.384. The highest BCUT2D eigenvalue weighted by atomic mass is 16.6. The molecular formula is C14H11N5O3. The van der Waals surface area contributed by atoms with Gasteiger partial charge >= 0.3 is 0 Å². The van der Waals surface area contributed by atoms with Crippen LogP contribution in [0.25, 0.3) is 6.08 Å². The molecule has 3 rings (SSSR count). The van der Waals surface area contributed by atoms with Crippen LogP contribution in [0.15, 0.2) is 44.8 Å². The van der Waals surface area contributed by atoms with Crippen molar-refractivity contribution >= 4 is 23.7 Å². The van der Waals surface area contributed by atoms with Gasteiger partial charge in [-0.15, -0.1) is 5.10 Å². The molecular weight excluding hydrogens is 286 g/mol. The molecule has 110 valence electrons. The molecule has 8 heteroatoms. The molecule has 8 nitrogen and oxygen atoms in total. The van der Waals surface area contributed by atoms with Gasteiger partial charge in [-0.1, -0.05) is 12.1 Å². The number of hydrogen-bond donors (Lipinski definition) is 2. The molecule has 2 heterocycles. The van der Waals surface area contributed by atoms with Crippen LogP contribution >= 0.6 is 0 Å². The summed E-state index contributed by atoms with van der Waals surface area (Å²) in [6.45, 7) is 1.76. The van der Waals surface area contributed by atoms with E-state index in [1.807, 2.05) is 0 Å². The van der Waals surface area contributed by atoms with Gasteiger partial charge in [0.2, 0.25) is 0 Å². The van der Waals surface area contributed by atoms with Crippen molar-refractivity contribution in [1.29, 1.82) is 0 Å². The SMILES string of the molecule is Cc1[nH][nH]c(=O)c1/C=C1\C=NN=C1c1cccc([N+](=O)[O-])c1. The van der Waals surface area contributed by atoms with Crippen LogP contribution in [0.1, 0.15) is 16.8 Å². The van der Waals surface area contributed by atoms with Gasteiger partial charge in [0.25, 0.3) is 11.2 Å². The minimum Gasteiger partial charge on any atom is -0.302 e. The Hall–Kier alpha value is -3.29. The topological polar surface area (TPSA) is 117 Å². The number of nitrogens with zero attached hydrogens (tertiary/aromatic N) is 3. The molecule has 1 aromatic heterocycles. The number of nitro benzene ring substituents is 1. The average molecular weight is 297 g/mol. The summed E-state index contributed by atoms with van der Waals surface area (Å²) in [4.78, 5) is 22.1. The Morgan fingerprint density at radius 2 is 2.14 bits per heavy atom. The maximum atomic E-state index is 11.7. The monoisotopic (exact) mass is 297 g/mol. The van der Waals surface area contributed by atoms with Crippen molar-refractivity contribution in [1.82, 2.24) is 10.2 Å². The van der Waals surface area contributed by atoms with Gasteiger partial charge in [-0.05, 0) is 13.0 Å². The van der Waals surface area contributed by atoms with E-state index in [0.29, 0.717) is 28.1 Å². The molecule has 0 aliphatic carbocycles. The first-order valence-electron chi connectivity index (χ1n) is 6.41. The number of rotatable bonds is 3. The van der Waals surface area contributed by atoms with E-state index in [1.165, 1.54) is 18.3 Å². The quantitative estimate of drug-likeness (QED) is 0.664. The third-order valence-corrected chi connectivity index (χ3v) is 3.27. The Bertz CT molecular complexity index is 901. The molecule has 0 radical (unpaired) electrons. The van der Waals surface area contributed by atoms with Gasteiger partial charge < -0.3 is 5.10 Å². The molecule has 0 amide bonds. The summed E-state index contributed by atoms with van der Waals surface area (Å²) in [7, 11) is 0. The number of aromatic amines is 2. The zero-order chi connectivity index (χ0) is 15.7. The summed E-state index contributed by atoms with van der Waals surface area (Å²) in [6.07, 6.45) is 3.17. The van der Waals surface area contributed by atoms with Gasteiger partial charge in [0.05, 0.1) is 16.7 Å². The van der Waals surface area contributed by atoms with E-state index >= 15 is 0 Å². The van der Waals surface area contributed by atoms with Crippen LogP contribution < -0.4 is 5.56 Å². The van der Waals surface area contributed by atoms with Crippen molar-refractivity contribution in [2.24, 2.45) is 10.2 Å². The summed E-state index contributed by atoms with van der Waals surface area (Å²) in [6, 6.07) is 6.13. The van der Waals surface area contributed by atoms with Gasteiger partial charge in [-0.3, -0.25) is 20.0 Å². The van der Waals surface area contributed by atoms with Gasteiger partial charge in [0.15, 0.2) is 0 Å². The van der Waals surface area contributed by atoms with Crippen LogP contribution in [0.5, 0.6) is 0 Å². The van der Waals surface area contributed by atoms with Gasteiger partial charge in [-0.25, -0.2) is 0 Å². The molecule has 0 bridgehead atoms. The minimum absolute atomic E-state index is 0.0258. The summed E-state index contributed by atoms with van der Waals surface area (Å²) in [5, 5.41) is 23.9. The zero-order valence-electron chi connectivity index (χ0n) is 11.5. The molecule has 22 heavy (non-hydrogen) atoms. The van der Waals surface area contributed by atoms with Crippen molar-refractivity contribution in [3.8, 4) is 0 Å². The van der Waals surface area contributed by atoms with Gasteiger partial charge in [0.1, 0.15) is 5.71 Å². The fraction of sp³-hybridized carbons (Fsp3) is 0.0714. The highest BCUT2D eigenvalue weighted by molar-refractivity contribution is 6.28. The summed E-state index contributed by atoms with van der Waals surface area (Å²) >= 11 is 0. The number of hydrogen-bond acceptors (Lipinski definition) is 5. The third kappa shape index (κ3) is 2.37. The maximum Gasteiger partial charge on any atom is 0.271 e. The van der Waals surface area contributed by atoms with Crippen LogP contribution in [0, 0.1) is 17.0 Å². The Labute approximate surface area is 124 Å². The molecule has 0 atom stereocenters. The van der Waals surface area contributed by atoms with E-state index < -0.39 is 4.92 Å². The third-order valence-electron chi connectivity index (χ3n) is 3.27. The van der Waals surface area contributed by atoms with Gasteiger partial charge in [-0.2, -0.15) is 5.10 Å². The highest BCUT2D eigenvalue weighted by Gasteiger charge is 2.17. The standard InChI is InChI=1S/C14H11N5O3/c1-8-12(14(20)18-16-8)6-10-7-15-17-13(10)9-3-2-4-11(5-9)19(21)22/h2-7H,1H3,(H2,16,18,20)/b10-6+. The fourth-order valence-corrected chi connectivity index (χ4v) is 2.15. The number of nitrogens with one attached hydrogen (secondary N) is 2. The number of allylic oxidation sites excluding steroid dienone is 1. The van der Waals surface area contributed by atoms with Crippen LogP contribution in [0.3, 0.4) is 0 Å². The Morgan fingerprint density at radius 3 is 2.82 bits per heavy atom. The van der Waals surface area contributed by atoms with E-state index in [9.17, 15) is 14.9 Å². The Balaban J connectivity index is 2.04. The first-order chi connectivity index (χ1) is 10.6. The molecule has 0 saturated heterocycles. The lowest BCUT2D eigenvalue weighted by Gasteiger charge is -2.02. The predicted octanol–water partition coefficient (Wildman–Crippen LogP) is 1.79. The van der Waals surface area contributed by atoms with Crippen LogP contribution in [-0.4, -0.2) is 27.0 Å². The first-order valence-corrected chi connectivity index (χ1v) is 6.41. The van der Waals surface area contributed by atoms with E-state index in [1.54, 1.807) is 25.1 Å². The van der Waals surface area contributed by atoms with Crippen molar-refractivity contribution in [2.75, 3.05) is 0 Å². The minimum atomic E-state index is -0.468. The van der Waals surface area contributed by atoms with Gasteiger partial charge in [0, 0.05) is 29.0 Å². The largest absolute Gasteiger partial charge is 0.302 e. The molecule has 1 aliphatic rings. The number of H-pyrrole nitrogens is 2. The van der Waals surface area contributed by atoms with E-state index in [2.05, 4.69) is 20.4 Å². The van der Waals surface area contributed by atoms with Crippen molar-refractivity contribution in [3.63, 3.8) is 0 Å². The Kier molecular flexibility index (Phi) is 3.26. The summed E-state index contributed by atoms with van der Waals surface area (Å²) < 4.78 is 0. The molecule has 0 saturated carbocycles. The second kappa shape index (κ2) is 5.24. The predicted molar refractivity (Wildman–Crippen MR) is 82.3 cm³/mol. The smallest absolute Gasteiger partial charge is 0.271 e. The zero-order valence-corrected chi connectivity index (χ0v) is 11.5. The molecule has 0 unspecified atom stereocenters. The number of aromatic nitrogens is 2. The fourth-order valence-electron chi connectivity index (χ4n) is 2.15. The molecule has 2 aromatic rings. The van der Waals surface area contributed by atoms with Crippen molar-refractivity contribution < 1.29 is 4.92 Å². The number of non-ortho nitro benzene ring substituents is 1. The first kappa shape index (κ1) is 13.7. The second-order valence-electron chi connectivity index (χ2n) is 4.72. The number of nitro groups is 1. The Morgan fingerprint density at radius 1 is 1.32 bits per heavy atom. The lowest BCUT2D eigenvalue weighted by atomic mass is 10.0. The molecule has 0 spiro atoms. The van der Waals surface area contributed by atoms with Crippen molar-refractivity contribution in [2.45, 2.75) is 6.92 Å². The van der Waals surface area contributed by atoms with E-state index in [4.69, 9.17) is 0 Å². The molecule has 2 N–H and O–H groups in total. The van der Waals surface area contributed by atoms with E-state index in [0.717, 1.165) is 0 Å². The normalized spacial score (nSPS) is 15.3. The van der Waals surface area contributed by atoms with Crippen LogP contribution in [0.2, 0.25) is 0 Å². The highest BCUT2D eigenvalue weighted by Crippen LogP contribution is 2.20. The second-order valence-corrected chi connectivity index (χ2v) is 4.72. The summed E-state index contributed by atoms with van der Waals surface area (Å²) in [5.41, 5.74) is 2.57. The van der Waals surface area contributed by atoms with Crippen molar-refractivity contribution in [3.05, 3.63) is 67.1 Å². The molecule has 1 aromatic carbocycles.